The molecule has 1 amide bonds. The molecule has 10 heteroatoms. The van der Waals surface area contributed by atoms with Gasteiger partial charge in [-0.1, -0.05) is 12.1 Å². The van der Waals surface area contributed by atoms with Crippen molar-refractivity contribution in [3.05, 3.63) is 53.6 Å². The van der Waals surface area contributed by atoms with Gasteiger partial charge in [0.25, 0.3) is 0 Å². The highest BCUT2D eigenvalue weighted by Crippen LogP contribution is 2.27. The van der Waals surface area contributed by atoms with Crippen LogP contribution in [0, 0.1) is 5.82 Å². The molecule has 6 nitrogen and oxygen atoms in total. The zero-order valence-electron chi connectivity index (χ0n) is 12.7. The minimum Gasteiger partial charge on any atom is -0.480 e. The first-order valence-corrected chi connectivity index (χ1v) is 7.00. The molecule has 0 fully saturated rings. The second-order valence-electron chi connectivity index (χ2n) is 5.17. The van der Waals surface area contributed by atoms with E-state index in [1.165, 1.54) is 12.1 Å². The smallest absolute Gasteiger partial charge is 0.435 e. The summed E-state index contributed by atoms with van der Waals surface area (Å²) in [5, 5.41) is 12.2. The predicted octanol–water partition coefficient (Wildman–Crippen LogP) is 2.15. The van der Waals surface area contributed by atoms with Gasteiger partial charge in [0.15, 0.2) is 5.69 Å². The molecule has 2 rings (SSSR count). The number of hydrogen-bond acceptors (Lipinski definition) is 3. The van der Waals surface area contributed by atoms with E-state index in [2.05, 4.69) is 5.10 Å². The number of amides is 1. The largest absolute Gasteiger partial charge is 0.480 e. The summed E-state index contributed by atoms with van der Waals surface area (Å²) < 4.78 is 51.2. The number of rotatable bonds is 6. The lowest BCUT2D eigenvalue weighted by Crippen LogP contribution is -2.37. The van der Waals surface area contributed by atoms with Gasteiger partial charge in [-0.2, -0.15) is 18.3 Å². The maximum absolute atomic E-state index is 12.9. The van der Waals surface area contributed by atoms with Crippen LogP contribution in [0.3, 0.4) is 0 Å². The molecule has 0 aliphatic rings. The number of aliphatic carboxylic acids is 1. The van der Waals surface area contributed by atoms with Crippen molar-refractivity contribution in [3.8, 4) is 0 Å². The first-order valence-electron chi connectivity index (χ1n) is 7.00. The number of alkyl halides is 3. The number of halogens is 4. The van der Waals surface area contributed by atoms with Gasteiger partial charge in [0.2, 0.25) is 5.91 Å². The lowest BCUT2D eigenvalue weighted by Gasteiger charge is -2.21. The molecule has 1 aromatic heterocycles. The molecule has 1 N–H and O–H groups in total. The molecule has 1 heterocycles. The molecule has 0 bridgehead atoms. The average Bonchev–Trinajstić information content (AvgIpc) is 2.97. The summed E-state index contributed by atoms with van der Waals surface area (Å²) >= 11 is 0. The molecule has 0 unspecified atom stereocenters. The number of carboxylic acids is 1. The molecule has 2 aromatic rings. The van der Waals surface area contributed by atoms with Gasteiger partial charge >= 0.3 is 12.1 Å². The molecular formula is C15H13F4N3O3. The third-order valence-electron chi connectivity index (χ3n) is 3.19. The number of carbonyl (C=O) groups excluding carboxylic acids is 1. The van der Waals surface area contributed by atoms with Crippen LogP contribution in [0.25, 0.3) is 0 Å². The van der Waals surface area contributed by atoms with Gasteiger partial charge in [0, 0.05) is 12.7 Å². The van der Waals surface area contributed by atoms with E-state index in [9.17, 15) is 27.2 Å². The molecule has 0 atom stereocenters. The third-order valence-corrected chi connectivity index (χ3v) is 3.19. The molecular weight excluding hydrogens is 346 g/mol. The Hall–Kier alpha value is -2.91. The van der Waals surface area contributed by atoms with Crippen LogP contribution in [-0.2, 0) is 28.9 Å². The quantitative estimate of drug-likeness (QED) is 0.802. The standard InChI is InChI=1S/C15H13F4N3O3/c16-11-3-1-10(2-4-11)7-21(9-14(24)25)13(23)8-22-6-5-12(20-22)15(17,18)19/h1-6H,7-9H2,(H,24,25). The SMILES string of the molecule is O=C(O)CN(Cc1ccc(F)cc1)C(=O)Cn1ccc(C(F)(F)F)n1. The van der Waals surface area contributed by atoms with E-state index in [1.807, 2.05) is 0 Å². The number of nitrogens with zero attached hydrogens (tertiary/aromatic N) is 3. The second-order valence-corrected chi connectivity index (χ2v) is 5.17. The predicted molar refractivity (Wildman–Crippen MR) is 76.7 cm³/mol. The van der Waals surface area contributed by atoms with E-state index in [0.717, 1.165) is 34.0 Å². The van der Waals surface area contributed by atoms with Crippen LogP contribution in [0.1, 0.15) is 11.3 Å². The molecule has 0 radical (unpaired) electrons. The van der Waals surface area contributed by atoms with Crippen LogP contribution in [0.4, 0.5) is 17.6 Å². The molecule has 0 aliphatic carbocycles. The van der Waals surface area contributed by atoms with Crippen LogP contribution >= 0.6 is 0 Å². The van der Waals surface area contributed by atoms with E-state index < -0.39 is 42.7 Å². The van der Waals surface area contributed by atoms with Crippen molar-refractivity contribution in [2.75, 3.05) is 6.54 Å². The number of benzene rings is 1. The van der Waals surface area contributed by atoms with Crippen LogP contribution in [0.5, 0.6) is 0 Å². The van der Waals surface area contributed by atoms with Crippen molar-refractivity contribution in [1.82, 2.24) is 14.7 Å². The second kappa shape index (κ2) is 7.32. The lowest BCUT2D eigenvalue weighted by atomic mass is 10.2. The highest BCUT2D eigenvalue weighted by Gasteiger charge is 2.33. The maximum atomic E-state index is 12.9. The van der Waals surface area contributed by atoms with Gasteiger partial charge in [-0.15, -0.1) is 0 Å². The fraction of sp³-hybridized carbons (Fsp3) is 0.267. The summed E-state index contributed by atoms with van der Waals surface area (Å²) in [6.07, 6.45) is -3.65. The van der Waals surface area contributed by atoms with E-state index in [1.54, 1.807) is 0 Å². The first-order chi connectivity index (χ1) is 11.6. The summed E-state index contributed by atoms with van der Waals surface area (Å²) in [7, 11) is 0. The molecule has 0 saturated heterocycles. The van der Waals surface area contributed by atoms with E-state index in [0.29, 0.717) is 5.56 Å². The van der Waals surface area contributed by atoms with Crippen molar-refractivity contribution in [1.29, 1.82) is 0 Å². The molecule has 0 spiro atoms. The number of hydrogen-bond donors (Lipinski definition) is 1. The van der Waals surface area contributed by atoms with E-state index >= 15 is 0 Å². The Morgan fingerprint density at radius 3 is 2.32 bits per heavy atom. The summed E-state index contributed by atoms with van der Waals surface area (Å²) in [5.74, 6) is -2.51. The minimum atomic E-state index is -4.64. The van der Waals surface area contributed by atoms with Crippen LogP contribution < -0.4 is 0 Å². The Labute approximate surface area is 139 Å². The number of carboxylic acid groups (broad SMARTS) is 1. The van der Waals surface area contributed by atoms with Gasteiger partial charge in [-0.05, 0) is 23.8 Å². The van der Waals surface area contributed by atoms with Gasteiger partial charge < -0.3 is 10.0 Å². The highest BCUT2D eigenvalue weighted by atomic mass is 19.4. The Morgan fingerprint density at radius 2 is 1.80 bits per heavy atom. The number of aromatic nitrogens is 2. The monoisotopic (exact) mass is 359 g/mol. The Balaban J connectivity index is 2.11. The summed E-state index contributed by atoms with van der Waals surface area (Å²) in [4.78, 5) is 24.1. The lowest BCUT2D eigenvalue weighted by molar-refractivity contribution is -0.145. The molecule has 0 aliphatic heterocycles. The van der Waals surface area contributed by atoms with Crippen LogP contribution in [0.2, 0.25) is 0 Å². The van der Waals surface area contributed by atoms with Gasteiger partial charge in [0.1, 0.15) is 18.9 Å². The third kappa shape index (κ3) is 5.30. The first kappa shape index (κ1) is 18.4. The summed E-state index contributed by atoms with van der Waals surface area (Å²) in [6.45, 7) is -1.33. The van der Waals surface area contributed by atoms with Crippen molar-refractivity contribution in [2.24, 2.45) is 0 Å². The Morgan fingerprint density at radius 1 is 1.16 bits per heavy atom. The van der Waals surface area contributed by atoms with Gasteiger partial charge in [-0.25, -0.2) is 4.39 Å². The minimum absolute atomic E-state index is 0.126. The van der Waals surface area contributed by atoms with Crippen molar-refractivity contribution in [2.45, 2.75) is 19.3 Å². The maximum Gasteiger partial charge on any atom is 0.435 e. The van der Waals surface area contributed by atoms with Crippen molar-refractivity contribution in [3.63, 3.8) is 0 Å². The normalized spacial score (nSPS) is 11.4. The summed E-state index contributed by atoms with van der Waals surface area (Å²) in [5.41, 5.74) is -0.670. The fourth-order valence-corrected chi connectivity index (χ4v) is 2.05. The Kier molecular flexibility index (Phi) is 5.40. The van der Waals surface area contributed by atoms with E-state index in [4.69, 9.17) is 5.11 Å². The average molecular weight is 359 g/mol. The Bertz CT molecular complexity index is 756. The van der Waals surface area contributed by atoms with E-state index in [-0.39, 0.29) is 6.54 Å². The summed E-state index contributed by atoms with van der Waals surface area (Å²) in [6, 6.07) is 5.79. The van der Waals surface area contributed by atoms with Gasteiger partial charge in [0.05, 0.1) is 0 Å². The highest BCUT2D eigenvalue weighted by molar-refractivity contribution is 5.81. The van der Waals surface area contributed by atoms with Crippen molar-refractivity contribution < 1.29 is 32.3 Å². The van der Waals surface area contributed by atoms with Crippen LogP contribution in [-0.4, -0.2) is 38.2 Å². The van der Waals surface area contributed by atoms with Gasteiger partial charge in [-0.3, -0.25) is 14.3 Å². The van der Waals surface area contributed by atoms with Crippen molar-refractivity contribution >= 4 is 11.9 Å². The molecule has 134 valence electrons. The fourth-order valence-electron chi connectivity index (χ4n) is 2.05. The molecule has 0 saturated carbocycles. The zero-order chi connectivity index (χ0) is 18.6. The topological polar surface area (TPSA) is 75.4 Å². The zero-order valence-corrected chi connectivity index (χ0v) is 12.7. The molecule has 1 aromatic carbocycles. The van der Waals surface area contributed by atoms with Crippen LogP contribution in [0.15, 0.2) is 36.5 Å². The molecule has 25 heavy (non-hydrogen) atoms. The number of carbonyl (C=O) groups is 2.